The van der Waals surface area contributed by atoms with Crippen molar-refractivity contribution in [1.82, 2.24) is 0 Å². The Kier molecular flexibility index (Phi) is 5.42. The van der Waals surface area contributed by atoms with Crippen LogP contribution in [0.4, 0.5) is 11.4 Å². The van der Waals surface area contributed by atoms with E-state index in [1.807, 2.05) is 0 Å². The summed E-state index contributed by atoms with van der Waals surface area (Å²) in [5.41, 5.74) is 4.36. The molecule has 0 spiro atoms. The number of nitro groups is 1. The fourth-order valence-corrected chi connectivity index (χ4v) is 1.41. The van der Waals surface area contributed by atoms with Gasteiger partial charge in [-0.1, -0.05) is 0 Å². The molecular weight excluding hydrogens is 270 g/mol. The van der Waals surface area contributed by atoms with Gasteiger partial charge in [-0.2, -0.15) is 0 Å². The third kappa shape index (κ3) is 4.53. The number of amides is 1. The Labute approximate surface area is 113 Å². The Bertz CT molecular complexity index is 531. The Balaban J connectivity index is 2.64. The lowest BCUT2D eigenvalue weighted by Crippen LogP contribution is -2.20. The highest BCUT2D eigenvalue weighted by molar-refractivity contribution is 5.93. The van der Waals surface area contributed by atoms with Gasteiger partial charge < -0.3 is 20.9 Å². The van der Waals surface area contributed by atoms with Gasteiger partial charge in [-0.05, 0) is 12.1 Å². The predicted octanol–water partition coefficient (Wildman–Crippen LogP) is 0.207. The van der Waals surface area contributed by atoms with Crippen LogP contribution < -0.4 is 11.1 Å². The highest BCUT2D eigenvalue weighted by Gasteiger charge is 2.19. The summed E-state index contributed by atoms with van der Waals surface area (Å²) in [5.74, 6) is -1.96. The SMILES string of the molecule is NC(=O)COCCNc1ccc(C(=O)O)c([N+](=O)[O-])c1. The highest BCUT2D eigenvalue weighted by Crippen LogP contribution is 2.23. The van der Waals surface area contributed by atoms with E-state index in [2.05, 4.69) is 5.32 Å². The van der Waals surface area contributed by atoms with Crippen LogP contribution >= 0.6 is 0 Å². The molecular formula is C11H13N3O6. The highest BCUT2D eigenvalue weighted by atomic mass is 16.6. The van der Waals surface area contributed by atoms with E-state index in [0.717, 1.165) is 12.1 Å². The number of carbonyl (C=O) groups is 2. The van der Waals surface area contributed by atoms with Crippen molar-refractivity contribution >= 4 is 23.3 Å². The van der Waals surface area contributed by atoms with Crippen LogP contribution in [0.2, 0.25) is 0 Å². The number of carboxylic acids is 1. The fraction of sp³-hybridized carbons (Fsp3) is 0.273. The summed E-state index contributed by atoms with van der Waals surface area (Å²) in [6.07, 6.45) is 0. The van der Waals surface area contributed by atoms with Gasteiger partial charge >= 0.3 is 5.97 Å². The van der Waals surface area contributed by atoms with Gasteiger partial charge in [0.25, 0.3) is 5.69 Å². The van der Waals surface area contributed by atoms with Crippen molar-refractivity contribution in [3.05, 3.63) is 33.9 Å². The second-order valence-corrected chi connectivity index (χ2v) is 3.74. The van der Waals surface area contributed by atoms with Crippen molar-refractivity contribution in [2.24, 2.45) is 5.73 Å². The molecule has 0 saturated heterocycles. The van der Waals surface area contributed by atoms with Crippen molar-refractivity contribution in [2.75, 3.05) is 25.1 Å². The van der Waals surface area contributed by atoms with E-state index in [1.165, 1.54) is 6.07 Å². The van der Waals surface area contributed by atoms with Crippen molar-refractivity contribution in [2.45, 2.75) is 0 Å². The number of nitrogens with zero attached hydrogens (tertiary/aromatic N) is 1. The standard InChI is InChI=1S/C11H13N3O6/c12-10(15)6-20-4-3-13-7-1-2-8(11(16)17)9(5-7)14(18)19/h1-2,5,13H,3-4,6H2,(H2,12,15)(H,16,17). The summed E-state index contributed by atoms with van der Waals surface area (Å²) in [6, 6.07) is 3.68. The number of aromatic carboxylic acids is 1. The topological polar surface area (TPSA) is 145 Å². The molecule has 9 heteroatoms. The number of ether oxygens (including phenoxy) is 1. The van der Waals surface area contributed by atoms with Gasteiger partial charge in [-0.3, -0.25) is 14.9 Å². The number of anilines is 1. The van der Waals surface area contributed by atoms with Crippen LogP contribution in [0.3, 0.4) is 0 Å². The number of hydrogen-bond donors (Lipinski definition) is 3. The third-order valence-electron chi connectivity index (χ3n) is 2.24. The predicted molar refractivity (Wildman–Crippen MR) is 68.6 cm³/mol. The van der Waals surface area contributed by atoms with E-state index < -0.39 is 22.5 Å². The van der Waals surface area contributed by atoms with Gasteiger partial charge in [0.2, 0.25) is 5.91 Å². The van der Waals surface area contributed by atoms with Crippen molar-refractivity contribution in [3.63, 3.8) is 0 Å². The molecule has 0 atom stereocenters. The molecule has 0 radical (unpaired) electrons. The molecule has 0 aliphatic carbocycles. The van der Waals surface area contributed by atoms with Crippen molar-refractivity contribution in [1.29, 1.82) is 0 Å². The molecule has 1 amide bonds. The van der Waals surface area contributed by atoms with E-state index in [-0.39, 0.29) is 25.3 Å². The maximum absolute atomic E-state index is 10.8. The van der Waals surface area contributed by atoms with Crippen LogP contribution in [-0.2, 0) is 9.53 Å². The smallest absolute Gasteiger partial charge is 0.342 e. The van der Waals surface area contributed by atoms with Crippen LogP contribution in [0, 0.1) is 10.1 Å². The first kappa shape index (κ1) is 15.4. The van der Waals surface area contributed by atoms with E-state index in [1.54, 1.807) is 0 Å². The van der Waals surface area contributed by atoms with Crippen LogP contribution in [0.5, 0.6) is 0 Å². The molecule has 4 N–H and O–H groups in total. The first-order valence-electron chi connectivity index (χ1n) is 5.53. The molecule has 1 aromatic carbocycles. The Morgan fingerprint density at radius 2 is 2.15 bits per heavy atom. The molecule has 0 fully saturated rings. The zero-order chi connectivity index (χ0) is 15.1. The minimum atomic E-state index is -1.37. The molecule has 0 aromatic heterocycles. The lowest BCUT2D eigenvalue weighted by Gasteiger charge is -2.07. The number of nitrogens with one attached hydrogen (secondary N) is 1. The molecule has 0 unspecified atom stereocenters. The summed E-state index contributed by atoms with van der Waals surface area (Å²) in [5, 5.41) is 22.4. The molecule has 0 heterocycles. The van der Waals surface area contributed by atoms with Gasteiger partial charge in [0, 0.05) is 18.3 Å². The Morgan fingerprint density at radius 3 is 2.70 bits per heavy atom. The Morgan fingerprint density at radius 1 is 1.45 bits per heavy atom. The average Bonchev–Trinajstić information content (AvgIpc) is 2.37. The maximum atomic E-state index is 10.8. The molecule has 20 heavy (non-hydrogen) atoms. The van der Waals surface area contributed by atoms with E-state index in [4.69, 9.17) is 15.6 Å². The number of primary amides is 1. The average molecular weight is 283 g/mol. The zero-order valence-electron chi connectivity index (χ0n) is 10.4. The molecule has 0 saturated carbocycles. The summed E-state index contributed by atoms with van der Waals surface area (Å²) in [4.78, 5) is 31.2. The van der Waals surface area contributed by atoms with E-state index in [9.17, 15) is 19.7 Å². The van der Waals surface area contributed by atoms with E-state index in [0.29, 0.717) is 5.69 Å². The van der Waals surface area contributed by atoms with Gasteiger partial charge in [-0.25, -0.2) is 4.79 Å². The van der Waals surface area contributed by atoms with Gasteiger partial charge in [0.15, 0.2) is 0 Å². The number of carbonyl (C=O) groups excluding carboxylic acids is 1. The number of carboxylic acid groups (broad SMARTS) is 1. The maximum Gasteiger partial charge on any atom is 0.342 e. The number of benzene rings is 1. The fourth-order valence-electron chi connectivity index (χ4n) is 1.41. The first-order valence-corrected chi connectivity index (χ1v) is 5.53. The molecule has 108 valence electrons. The summed E-state index contributed by atoms with van der Waals surface area (Å²) < 4.78 is 4.89. The lowest BCUT2D eigenvalue weighted by molar-refractivity contribution is -0.385. The third-order valence-corrected chi connectivity index (χ3v) is 2.24. The van der Waals surface area contributed by atoms with E-state index >= 15 is 0 Å². The number of nitro benzene ring substituents is 1. The van der Waals surface area contributed by atoms with Gasteiger partial charge in [0.05, 0.1) is 11.5 Å². The second kappa shape index (κ2) is 7.04. The number of nitrogens with two attached hydrogens (primary N) is 1. The summed E-state index contributed by atoms with van der Waals surface area (Å²) in [7, 11) is 0. The van der Waals surface area contributed by atoms with Gasteiger partial charge in [-0.15, -0.1) is 0 Å². The van der Waals surface area contributed by atoms with Crippen molar-refractivity contribution < 1.29 is 24.4 Å². The summed E-state index contributed by atoms with van der Waals surface area (Å²) in [6.45, 7) is 0.258. The van der Waals surface area contributed by atoms with Crippen LogP contribution in [0.1, 0.15) is 10.4 Å². The molecule has 9 nitrogen and oxygen atoms in total. The van der Waals surface area contributed by atoms with Crippen LogP contribution in [0.25, 0.3) is 0 Å². The lowest BCUT2D eigenvalue weighted by atomic mass is 10.1. The zero-order valence-corrected chi connectivity index (χ0v) is 10.4. The number of rotatable bonds is 8. The monoisotopic (exact) mass is 283 g/mol. The largest absolute Gasteiger partial charge is 0.477 e. The molecule has 0 aliphatic rings. The molecule has 0 aliphatic heterocycles. The first-order chi connectivity index (χ1) is 9.41. The minimum absolute atomic E-state index is 0.178. The molecule has 0 bridgehead atoms. The van der Waals surface area contributed by atoms with Crippen molar-refractivity contribution in [3.8, 4) is 0 Å². The van der Waals surface area contributed by atoms with Crippen LogP contribution in [-0.4, -0.2) is 41.7 Å². The Hall–Kier alpha value is -2.68. The normalized spacial score (nSPS) is 10.0. The van der Waals surface area contributed by atoms with Gasteiger partial charge in [0.1, 0.15) is 12.2 Å². The second-order valence-electron chi connectivity index (χ2n) is 3.74. The number of hydrogen-bond acceptors (Lipinski definition) is 6. The quantitative estimate of drug-likeness (QED) is 0.351. The minimum Gasteiger partial charge on any atom is -0.477 e. The molecule has 1 rings (SSSR count). The summed E-state index contributed by atoms with van der Waals surface area (Å²) >= 11 is 0. The van der Waals surface area contributed by atoms with Crippen LogP contribution in [0.15, 0.2) is 18.2 Å². The molecule has 1 aromatic rings.